The van der Waals surface area contributed by atoms with Crippen LogP contribution in [0.5, 0.6) is 0 Å². The highest BCUT2D eigenvalue weighted by atomic mass is 32.1. The van der Waals surface area contributed by atoms with Gasteiger partial charge in [-0.3, -0.25) is 4.68 Å². The standard InChI is InChI=1S/C12H15F2N5S/c1-2-19-9-5-3-4-8(7(9)6-15-19)16-12-18-17-11(20-12)10(13)14/h6,8,10H,2-5H2,1H3,(H,16,18). The van der Waals surface area contributed by atoms with Crippen molar-refractivity contribution in [3.63, 3.8) is 0 Å². The van der Waals surface area contributed by atoms with Crippen molar-refractivity contribution in [2.45, 2.75) is 45.2 Å². The molecule has 0 bridgehead atoms. The van der Waals surface area contributed by atoms with Gasteiger partial charge in [0.05, 0.1) is 12.2 Å². The first kappa shape index (κ1) is 13.4. The maximum atomic E-state index is 12.5. The van der Waals surface area contributed by atoms with E-state index < -0.39 is 6.43 Å². The Bertz CT molecular complexity index is 594. The summed E-state index contributed by atoms with van der Waals surface area (Å²) in [6.45, 7) is 2.90. The Labute approximate surface area is 119 Å². The average Bonchev–Trinajstić information content (AvgIpc) is 3.05. The Kier molecular flexibility index (Phi) is 3.64. The zero-order valence-corrected chi connectivity index (χ0v) is 11.8. The first-order chi connectivity index (χ1) is 9.69. The molecule has 108 valence electrons. The molecule has 0 amide bonds. The maximum absolute atomic E-state index is 12.5. The molecule has 3 rings (SSSR count). The van der Waals surface area contributed by atoms with Crippen LogP contribution < -0.4 is 5.32 Å². The molecule has 0 saturated heterocycles. The number of nitrogens with one attached hydrogen (secondary N) is 1. The number of aryl methyl sites for hydroxylation is 1. The third-order valence-corrected chi connectivity index (χ3v) is 4.35. The van der Waals surface area contributed by atoms with E-state index in [2.05, 4.69) is 27.5 Å². The average molecular weight is 299 g/mol. The minimum atomic E-state index is -2.56. The van der Waals surface area contributed by atoms with Crippen LogP contribution in [0.4, 0.5) is 13.9 Å². The van der Waals surface area contributed by atoms with Crippen LogP contribution in [-0.2, 0) is 13.0 Å². The SMILES string of the molecule is CCn1ncc2c1CCCC2Nc1nnc(C(F)F)s1. The summed E-state index contributed by atoms with van der Waals surface area (Å²) in [6, 6.07) is 0.0810. The van der Waals surface area contributed by atoms with Gasteiger partial charge in [-0.25, -0.2) is 8.78 Å². The molecule has 1 aliphatic carbocycles. The second-order valence-electron chi connectivity index (χ2n) is 4.70. The van der Waals surface area contributed by atoms with Gasteiger partial charge in [-0.15, -0.1) is 10.2 Å². The van der Waals surface area contributed by atoms with Crippen LogP contribution in [0.3, 0.4) is 0 Å². The lowest BCUT2D eigenvalue weighted by atomic mass is 9.93. The molecule has 0 fully saturated rings. The third kappa shape index (κ3) is 2.39. The highest BCUT2D eigenvalue weighted by molar-refractivity contribution is 7.15. The van der Waals surface area contributed by atoms with Gasteiger partial charge in [-0.05, 0) is 26.2 Å². The lowest BCUT2D eigenvalue weighted by molar-refractivity contribution is 0.150. The molecule has 2 heterocycles. The number of nitrogens with zero attached hydrogens (tertiary/aromatic N) is 4. The van der Waals surface area contributed by atoms with Gasteiger partial charge in [0.1, 0.15) is 0 Å². The topological polar surface area (TPSA) is 55.6 Å². The number of fused-ring (bicyclic) bond motifs is 1. The summed E-state index contributed by atoms with van der Waals surface area (Å²) in [4.78, 5) is 0. The molecule has 0 aromatic carbocycles. The first-order valence-electron chi connectivity index (χ1n) is 6.61. The van der Waals surface area contributed by atoms with Gasteiger partial charge in [0.15, 0.2) is 5.01 Å². The number of rotatable bonds is 4. The van der Waals surface area contributed by atoms with Crippen LogP contribution in [0.15, 0.2) is 6.20 Å². The second kappa shape index (κ2) is 5.43. The van der Waals surface area contributed by atoms with Crippen molar-refractivity contribution >= 4 is 16.5 Å². The van der Waals surface area contributed by atoms with Gasteiger partial charge in [-0.1, -0.05) is 11.3 Å². The van der Waals surface area contributed by atoms with E-state index in [-0.39, 0.29) is 11.0 Å². The van der Waals surface area contributed by atoms with E-state index in [1.165, 1.54) is 5.69 Å². The Morgan fingerprint density at radius 3 is 3.05 bits per heavy atom. The molecule has 0 spiro atoms. The number of aromatic nitrogens is 4. The normalized spacial score (nSPS) is 18.3. The molecule has 0 saturated carbocycles. The zero-order valence-electron chi connectivity index (χ0n) is 11.0. The molecule has 8 heteroatoms. The van der Waals surface area contributed by atoms with Crippen molar-refractivity contribution in [2.24, 2.45) is 0 Å². The lowest BCUT2D eigenvalue weighted by Crippen LogP contribution is -2.18. The zero-order chi connectivity index (χ0) is 14.1. The van der Waals surface area contributed by atoms with Crippen molar-refractivity contribution in [1.29, 1.82) is 0 Å². The fourth-order valence-electron chi connectivity index (χ4n) is 2.57. The van der Waals surface area contributed by atoms with Crippen LogP contribution in [0, 0.1) is 0 Å². The van der Waals surface area contributed by atoms with Gasteiger partial charge < -0.3 is 5.32 Å². The molecular formula is C12H15F2N5S. The quantitative estimate of drug-likeness (QED) is 0.942. The number of halogens is 2. The fourth-order valence-corrected chi connectivity index (χ4v) is 3.22. The molecule has 5 nitrogen and oxygen atoms in total. The van der Waals surface area contributed by atoms with Crippen LogP contribution in [0.25, 0.3) is 0 Å². The smallest absolute Gasteiger partial charge is 0.291 e. The van der Waals surface area contributed by atoms with Crippen LogP contribution >= 0.6 is 11.3 Å². The minimum absolute atomic E-state index is 0.0810. The van der Waals surface area contributed by atoms with Crippen molar-refractivity contribution < 1.29 is 8.78 Å². The Hall–Kier alpha value is -1.57. The number of anilines is 1. The van der Waals surface area contributed by atoms with Crippen molar-refractivity contribution in [3.05, 3.63) is 22.5 Å². The molecule has 0 aliphatic heterocycles. The summed E-state index contributed by atoms with van der Waals surface area (Å²) in [5.74, 6) is 0. The predicted molar refractivity (Wildman–Crippen MR) is 72.1 cm³/mol. The summed E-state index contributed by atoms with van der Waals surface area (Å²) in [7, 11) is 0. The van der Waals surface area contributed by atoms with E-state index in [1.54, 1.807) is 0 Å². The number of hydrogen-bond donors (Lipinski definition) is 1. The van der Waals surface area contributed by atoms with Gasteiger partial charge in [0.25, 0.3) is 6.43 Å². The van der Waals surface area contributed by atoms with E-state index in [4.69, 9.17) is 0 Å². The van der Waals surface area contributed by atoms with Crippen molar-refractivity contribution in [3.8, 4) is 0 Å². The predicted octanol–water partition coefficient (Wildman–Crippen LogP) is 3.18. The Balaban J connectivity index is 1.80. The lowest BCUT2D eigenvalue weighted by Gasteiger charge is -2.23. The van der Waals surface area contributed by atoms with Crippen molar-refractivity contribution in [1.82, 2.24) is 20.0 Å². The van der Waals surface area contributed by atoms with E-state index in [1.807, 2.05) is 10.9 Å². The van der Waals surface area contributed by atoms with E-state index in [9.17, 15) is 8.78 Å². The number of alkyl halides is 2. The summed E-state index contributed by atoms with van der Waals surface area (Å²) < 4.78 is 27.0. The molecular weight excluding hydrogens is 284 g/mol. The third-order valence-electron chi connectivity index (χ3n) is 3.49. The maximum Gasteiger partial charge on any atom is 0.291 e. The largest absolute Gasteiger partial charge is 0.353 e. The summed E-state index contributed by atoms with van der Waals surface area (Å²) >= 11 is 0.911. The van der Waals surface area contributed by atoms with Crippen LogP contribution in [0.1, 0.15) is 48.5 Å². The van der Waals surface area contributed by atoms with Crippen LogP contribution in [-0.4, -0.2) is 20.0 Å². The molecule has 2 aromatic heterocycles. The van der Waals surface area contributed by atoms with E-state index >= 15 is 0 Å². The van der Waals surface area contributed by atoms with Gasteiger partial charge >= 0.3 is 0 Å². The monoisotopic (exact) mass is 299 g/mol. The van der Waals surface area contributed by atoms with Gasteiger partial charge in [0.2, 0.25) is 5.13 Å². The van der Waals surface area contributed by atoms with E-state index in [0.717, 1.165) is 42.7 Å². The Morgan fingerprint density at radius 1 is 1.50 bits per heavy atom. The van der Waals surface area contributed by atoms with E-state index in [0.29, 0.717) is 5.13 Å². The highest BCUT2D eigenvalue weighted by Crippen LogP contribution is 2.34. The molecule has 1 atom stereocenters. The minimum Gasteiger partial charge on any atom is -0.353 e. The molecule has 2 aromatic rings. The van der Waals surface area contributed by atoms with Crippen LogP contribution in [0.2, 0.25) is 0 Å². The van der Waals surface area contributed by atoms with Gasteiger partial charge in [0, 0.05) is 17.8 Å². The molecule has 1 unspecified atom stereocenters. The number of hydrogen-bond acceptors (Lipinski definition) is 5. The highest BCUT2D eigenvalue weighted by Gasteiger charge is 2.25. The molecule has 0 radical (unpaired) electrons. The molecule has 20 heavy (non-hydrogen) atoms. The molecule has 1 N–H and O–H groups in total. The van der Waals surface area contributed by atoms with Crippen molar-refractivity contribution in [2.75, 3.05) is 5.32 Å². The Morgan fingerprint density at radius 2 is 2.35 bits per heavy atom. The second-order valence-corrected chi connectivity index (χ2v) is 5.71. The summed E-state index contributed by atoms with van der Waals surface area (Å²) in [6.07, 6.45) is 2.32. The van der Waals surface area contributed by atoms with Gasteiger partial charge in [-0.2, -0.15) is 5.10 Å². The summed E-state index contributed by atoms with van der Waals surface area (Å²) in [5, 5.41) is 15.1. The molecule has 1 aliphatic rings. The summed E-state index contributed by atoms with van der Waals surface area (Å²) in [5.41, 5.74) is 2.38. The fraction of sp³-hybridized carbons (Fsp3) is 0.583. The first-order valence-corrected chi connectivity index (χ1v) is 7.43.